The summed E-state index contributed by atoms with van der Waals surface area (Å²) in [5, 5.41) is 15.6. The minimum atomic E-state index is -4.50. The second-order valence-corrected chi connectivity index (χ2v) is 4.01. The molecule has 0 aliphatic rings. The first-order valence-electron chi connectivity index (χ1n) is 5.80. The third-order valence-electron chi connectivity index (χ3n) is 2.53. The summed E-state index contributed by atoms with van der Waals surface area (Å²) in [6, 6.07) is 4.84. The van der Waals surface area contributed by atoms with Gasteiger partial charge < -0.3 is 9.84 Å². The van der Waals surface area contributed by atoms with E-state index in [-0.39, 0.29) is 24.6 Å². The van der Waals surface area contributed by atoms with Crippen LogP contribution in [-0.2, 0) is 12.7 Å². The van der Waals surface area contributed by atoms with E-state index in [1.807, 2.05) is 0 Å². The molecule has 0 aliphatic carbocycles. The van der Waals surface area contributed by atoms with Gasteiger partial charge in [0.2, 0.25) is 0 Å². The van der Waals surface area contributed by atoms with Crippen molar-refractivity contribution in [1.29, 1.82) is 0 Å². The standard InChI is InChI=1S/C12H10F3N3O3/c13-12(14,15)8-3-1-2-4-10(8)21-6-5-18-7-9(11(19)20)16-17-18/h1-4,7H,5-6H2,(H,19,20). The van der Waals surface area contributed by atoms with Crippen molar-refractivity contribution in [3.63, 3.8) is 0 Å². The highest BCUT2D eigenvalue weighted by Gasteiger charge is 2.33. The van der Waals surface area contributed by atoms with E-state index in [1.165, 1.54) is 29.1 Å². The Kier molecular flexibility index (Phi) is 4.10. The summed E-state index contributed by atoms with van der Waals surface area (Å²) in [5.41, 5.74) is -1.11. The lowest BCUT2D eigenvalue weighted by Gasteiger charge is -2.13. The number of carboxylic acid groups (broad SMARTS) is 1. The highest BCUT2D eigenvalue weighted by atomic mass is 19.4. The van der Waals surface area contributed by atoms with E-state index in [0.717, 1.165) is 6.07 Å². The van der Waals surface area contributed by atoms with Crippen LogP contribution in [0.5, 0.6) is 5.75 Å². The van der Waals surface area contributed by atoms with Crippen molar-refractivity contribution in [1.82, 2.24) is 15.0 Å². The van der Waals surface area contributed by atoms with Gasteiger partial charge in [0.25, 0.3) is 0 Å². The number of hydrogen-bond acceptors (Lipinski definition) is 4. The highest BCUT2D eigenvalue weighted by Crippen LogP contribution is 2.35. The largest absolute Gasteiger partial charge is 0.491 e. The molecular weight excluding hydrogens is 291 g/mol. The molecule has 112 valence electrons. The van der Waals surface area contributed by atoms with Crippen LogP contribution >= 0.6 is 0 Å². The number of ether oxygens (including phenoxy) is 1. The number of rotatable bonds is 5. The zero-order valence-corrected chi connectivity index (χ0v) is 10.5. The maximum absolute atomic E-state index is 12.7. The minimum Gasteiger partial charge on any atom is -0.491 e. The van der Waals surface area contributed by atoms with E-state index in [4.69, 9.17) is 9.84 Å². The summed E-state index contributed by atoms with van der Waals surface area (Å²) in [4.78, 5) is 10.6. The molecule has 1 aromatic carbocycles. The number of aromatic carboxylic acids is 1. The van der Waals surface area contributed by atoms with Crippen LogP contribution in [0.4, 0.5) is 13.2 Å². The monoisotopic (exact) mass is 301 g/mol. The predicted octanol–water partition coefficient (Wildman–Crippen LogP) is 2.07. The molecule has 0 fully saturated rings. The Balaban J connectivity index is 1.99. The number of aromatic nitrogens is 3. The van der Waals surface area contributed by atoms with Gasteiger partial charge in [-0.3, -0.25) is 0 Å². The molecule has 0 amide bonds. The van der Waals surface area contributed by atoms with E-state index >= 15 is 0 Å². The molecule has 0 aliphatic heterocycles. The van der Waals surface area contributed by atoms with E-state index in [0.29, 0.717) is 0 Å². The van der Waals surface area contributed by atoms with E-state index in [1.54, 1.807) is 0 Å². The Labute approximate surface area is 116 Å². The number of carbonyl (C=O) groups is 1. The molecule has 1 aromatic heterocycles. The summed E-state index contributed by atoms with van der Waals surface area (Å²) >= 11 is 0. The predicted molar refractivity (Wildman–Crippen MR) is 63.9 cm³/mol. The number of hydrogen-bond donors (Lipinski definition) is 1. The van der Waals surface area contributed by atoms with Gasteiger partial charge in [0.15, 0.2) is 5.69 Å². The normalized spacial score (nSPS) is 11.4. The van der Waals surface area contributed by atoms with Gasteiger partial charge in [0.05, 0.1) is 18.3 Å². The molecule has 2 rings (SSSR count). The number of halogens is 3. The lowest BCUT2D eigenvalue weighted by Crippen LogP contribution is -2.12. The topological polar surface area (TPSA) is 77.2 Å². The van der Waals surface area contributed by atoms with E-state index in [2.05, 4.69) is 10.3 Å². The van der Waals surface area contributed by atoms with Crippen molar-refractivity contribution in [2.75, 3.05) is 6.61 Å². The summed E-state index contributed by atoms with van der Waals surface area (Å²) in [7, 11) is 0. The summed E-state index contributed by atoms with van der Waals surface area (Å²) < 4.78 is 44.4. The molecule has 21 heavy (non-hydrogen) atoms. The number of nitrogens with zero attached hydrogens (tertiary/aromatic N) is 3. The molecule has 1 N–H and O–H groups in total. The molecule has 0 unspecified atom stereocenters. The molecule has 1 heterocycles. The van der Waals surface area contributed by atoms with Crippen LogP contribution in [0.3, 0.4) is 0 Å². The van der Waals surface area contributed by atoms with Gasteiger partial charge in [-0.2, -0.15) is 13.2 Å². The fraction of sp³-hybridized carbons (Fsp3) is 0.250. The first-order valence-corrected chi connectivity index (χ1v) is 5.80. The second kappa shape index (κ2) is 5.81. The maximum Gasteiger partial charge on any atom is 0.419 e. The quantitative estimate of drug-likeness (QED) is 0.915. The number of carboxylic acids is 1. The number of benzene rings is 1. The van der Waals surface area contributed by atoms with Crippen LogP contribution in [-0.4, -0.2) is 32.7 Å². The van der Waals surface area contributed by atoms with E-state index < -0.39 is 17.7 Å². The second-order valence-electron chi connectivity index (χ2n) is 4.01. The summed E-state index contributed by atoms with van der Waals surface area (Å²) in [6.45, 7) is -0.0258. The molecule has 0 spiro atoms. The van der Waals surface area contributed by atoms with Crippen molar-refractivity contribution in [2.45, 2.75) is 12.7 Å². The third kappa shape index (κ3) is 3.71. The average molecular weight is 301 g/mol. The van der Waals surface area contributed by atoms with Gasteiger partial charge in [0.1, 0.15) is 12.4 Å². The summed E-state index contributed by atoms with van der Waals surface area (Å²) in [6.07, 6.45) is -3.33. The van der Waals surface area contributed by atoms with Crippen molar-refractivity contribution >= 4 is 5.97 Å². The third-order valence-corrected chi connectivity index (χ3v) is 2.53. The first-order chi connectivity index (χ1) is 9.88. The SMILES string of the molecule is O=C(O)c1cn(CCOc2ccccc2C(F)(F)F)nn1. The maximum atomic E-state index is 12.7. The van der Waals surface area contributed by atoms with E-state index in [9.17, 15) is 18.0 Å². The lowest BCUT2D eigenvalue weighted by atomic mass is 10.2. The van der Waals surface area contributed by atoms with Crippen molar-refractivity contribution in [3.8, 4) is 5.75 Å². The summed E-state index contributed by atoms with van der Waals surface area (Å²) in [5.74, 6) is -1.52. The molecule has 0 saturated carbocycles. The Bertz CT molecular complexity index is 640. The molecule has 0 atom stereocenters. The lowest BCUT2D eigenvalue weighted by molar-refractivity contribution is -0.139. The fourth-order valence-corrected chi connectivity index (χ4v) is 1.58. The fourth-order valence-electron chi connectivity index (χ4n) is 1.58. The van der Waals surface area contributed by atoms with Gasteiger partial charge in [0, 0.05) is 0 Å². The van der Waals surface area contributed by atoms with Gasteiger partial charge in [-0.05, 0) is 12.1 Å². The van der Waals surface area contributed by atoms with Crippen LogP contribution in [0.25, 0.3) is 0 Å². The van der Waals surface area contributed by atoms with Crippen LogP contribution in [0.1, 0.15) is 16.1 Å². The Hall–Kier alpha value is -2.58. The van der Waals surface area contributed by atoms with Crippen LogP contribution < -0.4 is 4.74 Å². The Morgan fingerprint density at radius 1 is 1.33 bits per heavy atom. The average Bonchev–Trinajstić information content (AvgIpc) is 2.87. The Morgan fingerprint density at radius 2 is 2.05 bits per heavy atom. The Morgan fingerprint density at radius 3 is 2.67 bits per heavy atom. The van der Waals surface area contributed by atoms with Crippen molar-refractivity contribution < 1.29 is 27.8 Å². The molecule has 9 heteroatoms. The zero-order valence-electron chi connectivity index (χ0n) is 10.5. The van der Waals surface area contributed by atoms with Crippen LogP contribution in [0.2, 0.25) is 0 Å². The molecule has 0 bridgehead atoms. The van der Waals surface area contributed by atoms with Crippen molar-refractivity contribution in [2.24, 2.45) is 0 Å². The highest BCUT2D eigenvalue weighted by molar-refractivity contribution is 5.84. The van der Waals surface area contributed by atoms with Gasteiger partial charge in [-0.15, -0.1) is 5.10 Å². The molecule has 0 saturated heterocycles. The smallest absolute Gasteiger partial charge is 0.419 e. The van der Waals surface area contributed by atoms with Crippen LogP contribution in [0.15, 0.2) is 30.5 Å². The number of alkyl halides is 3. The minimum absolute atomic E-state index is 0.0759. The zero-order chi connectivity index (χ0) is 15.5. The first kappa shape index (κ1) is 14.8. The van der Waals surface area contributed by atoms with Gasteiger partial charge in [-0.1, -0.05) is 17.3 Å². The molecule has 2 aromatic rings. The van der Waals surface area contributed by atoms with Crippen molar-refractivity contribution in [3.05, 3.63) is 41.7 Å². The molecular formula is C12H10F3N3O3. The molecule has 6 nitrogen and oxygen atoms in total. The number of para-hydroxylation sites is 1. The van der Waals surface area contributed by atoms with Crippen LogP contribution in [0, 0.1) is 0 Å². The van der Waals surface area contributed by atoms with Gasteiger partial charge >= 0.3 is 12.1 Å². The molecule has 0 radical (unpaired) electrons. The van der Waals surface area contributed by atoms with Gasteiger partial charge in [-0.25, -0.2) is 9.48 Å².